The summed E-state index contributed by atoms with van der Waals surface area (Å²) in [5, 5.41) is 3.84. The number of esters is 1. The molecule has 0 atom stereocenters. The van der Waals surface area contributed by atoms with Gasteiger partial charge in [-0.25, -0.2) is 4.79 Å². The summed E-state index contributed by atoms with van der Waals surface area (Å²) in [4.78, 5) is 11.8. The maximum absolute atomic E-state index is 11.8. The number of anilines is 2. The number of carbonyl (C=O) groups is 1. The van der Waals surface area contributed by atoms with E-state index in [4.69, 9.17) is 22.1 Å². The summed E-state index contributed by atoms with van der Waals surface area (Å²) in [6, 6.07) is 3.61. The van der Waals surface area contributed by atoms with Crippen LogP contribution in [-0.4, -0.2) is 19.1 Å². The predicted octanol–water partition coefficient (Wildman–Crippen LogP) is 3.45. The zero-order valence-corrected chi connectivity index (χ0v) is 11.8. The summed E-state index contributed by atoms with van der Waals surface area (Å²) in [5.41, 5.74) is 7.23. The smallest absolute Gasteiger partial charge is 0.340 e. The number of rotatable bonds is 3. The van der Waals surface area contributed by atoms with Crippen molar-refractivity contribution in [2.75, 3.05) is 18.2 Å². The first-order valence-electron chi connectivity index (χ1n) is 6.55. The third-order valence-corrected chi connectivity index (χ3v) is 3.77. The predicted molar refractivity (Wildman–Crippen MR) is 77.7 cm³/mol. The lowest BCUT2D eigenvalue weighted by molar-refractivity contribution is 0.0602. The fraction of sp³-hybridized carbons (Fsp3) is 0.500. The largest absolute Gasteiger partial charge is 0.465 e. The molecule has 19 heavy (non-hydrogen) atoms. The first-order chi connectivity index (χ1) is 9.11. The molecule has 4 nitrogen and oxygen atoms in total. The zero-order chi connectivity index (χ0) is 13.8. The maximum atomic E-state index is 11.8. The van der Waals surface area contributed by atoms with Crippen molar-refractivity contribution in [3.05, 3.63) is 22.7 Å². The van der Waals surface area contributed by atoms with Crippen molar-refractivity contribution in [2.45, 2.75) is 38.1 Å². The van der Waals surface area contributed by atoms with Crippen LogP contribution in [0.15, 0.2) is 12.1 Å². The highest BCUT2D eigenvalue weighted by molar-refractivity contribution is 6.34. The number of hydrogen-bond donors (Lipinski definition) is 2. The summed E-state index contributed by atoms with van der Waals surface area (Å²) in [5.74, 6) is -0.424. The average molecular weight is 283 g/mol. The summed E-state index contributed by atoms with van der Waals surface area (Å²) < 4.78 is 4.78. The van der Waals surface area contributed by atoms with Crippen molar-refractivity contribution >= 4 is 28.9 Å². The standard InChI is InChI=1S/C14H19ClN2O2/c1-19-14(18)11-7-9(16)8-12(15)13(11)17-10-5-3-2-4-6-10/h7-8,10,17H,2-6,16H2,1H3. The minimum absolute atomic E-state index is 0.360. The van der Waals surface area contributed by atoms with Crippen molar-refractivity contribution in [1.29, 1.82) is 0 Å². The van der Waals surface area contributed by atoms with E-state index in [0.717, 1.165) is 12.8 Å². The van der Waals surface area contributed by atoms with Crippen LogP contribution in [0.1, 0.15) is 42.5 Å². The molecule has 0 bridgehead atoms. The molecule has 5 heteroatoms. The second-order valence-electron chi connectivity index (χ2n) is 4.90. The van der Waals surface area contributed by atoms with E-state index in [-0.39, 0.29) is 0 Å². The topological polar surface area (TPSA) is 64.3 Å². The van der Waals surface area contributed by atoms with Crippen molar-refractivity contribution in [3.63, 3.8) is 0 Å². The Balaban J connectivity index is 2.28. The van der Waals surface area contributed by atoms with Crippen molar-refractivity contribution in [2.24, 2.45) is 0 Å². The van der Waals surface area contributed by atoms with Gasteiger partial charge < -0.3 is 15.8 Å². The van der Waals surface area contributed by atoms with Crippen molar-refractivity contribution < 1.29 is 9.53 Å². The van der Waals surface area contributed by atoms with Gasteiger partial charge in [-0.3, -0.25) is 0 Å². The van der Waals surface area contributed by atoms with E-state index < -0.39 is 5.97 Å². The highest BCUT2D eigenvalue weighted by atomic mass is 35.5. The summed E-state index contributed by atoms with van der Waals surface area (Å²) >= 11 is 6.20. The number of nitrogen functional groups attached to an aromatic ring is 1. The molecule has 0 heterocycles. The SMILES string of the molecule is COC(=O)c1cc(N)cc(Cl)c1NC1CCCCC1. The minimum atomic E-state index is -0.424. The highest BCUT2D eigenvalue weighted by Crippen LogP contribution is 2.32. The second-order valence-corrected chi connectivity index (χ2v) is 5.30. The lowest BCUT2D eigenvalue weighted by atomic mass is 9.95. The van der Waals surface area contributed by atoms with Gasteiger partial charge in [0, 0.05) is 11.7 Å². The van der Waals surface area contributed by atoms with E-state index >= 15 is 0 Å². The van der Waals surface area contributed by atoms with Gasteiger partial charge in [0.15, 0.2) is 0 Å². The third-order valence-electron chi connectivity index (χ3n) is 3.47. The van der Waals surface area contributed by atoms with Crippen molar-refractivity contribution in [3.8, 4) is 0 Å². The molecule has 104 valence electrons. The first-order valence-corrected chi connectivity index (χ1v) is 6.93. The zero-order valence-electron chi connectivity index (χ0n) is 11.0. The fourth-order valence-electron chi connectivity index (χ4n) is 2.50. The molecule has 1 aromatic carbocycles. The molecule has 0 saturated heterocycles. The maximum Gasteiger partial charge on any atom is 0.340 e. The molecule has 0 unspecified atom stereocenters. The van der Waals surface area contributed by atoms with Gasteiger partial charge >= 0.3 is 5.97 Å². The Morgan fingerprint density at radius 3 is 2.68 bits per heavy atom. The molecule has 0 aliphatic heterocycles. The molecule has 1 aliphatic rings. The van der Waals surface area contributed by atoms with Crippen LogP contribution in [0.3, 0.4) is 0 Å². The van der Waals surface area contributed by atoms with Crippen LogP contribution >= 0.6 is 11.6 Å². The van der Waals surface area contributed by atoms with E-state index in [2.05, 4.69) is 5.32 Å². The molecule has 2 rings (SSSR count). The van der Waals surface area contributed by atoms with Gasteiger partial charge in [-0.1, -0.05) is 30.9 Å². The first kappa shape index (κ1) is 14.0. The van der Waals surface area contributed by atoms with E-state index in [1.165, 1.54) is 26.4 Å². The molecular weight excluding hydrogens is 264 g/mol. The normalized spacial score (nSPS) is 16.1. The molecular formula is C14H19ClN2O2. The van der Waals surface area contributed by atoms with Gasteiger partial charge in [0.25, 0.3) is 0 Å². The second kappa shape index (κ2) is 6.15. The highest BCUT2D eigenvalue weighted by Gasteiger charge is 2.20. The third kappa shape index (κ3) is 3.32. The summed E-state index contributed by atoms with van der Waals surface area (Å²) in [6.45, 7) is 0. The Kier molecular flexibility index (Phi) is 4.53. The molecule has 0 amide bonds. The number of nitrogens with two attached hydrogens (primary N) is 1. The number of ether oxygens (including phenoxy) is 1. The van der Waals surface area contributed by atoms with Gasteiger partial charge in [-0.05, 0) is 25.0 Å². The number of benzene rings is 1. The number of nitrogens with one attached hydrogen (secondary N) is 1. The van der Waals surface area contributed by atoms with Crippen LogP contribution in [0.5, 0.6) is 0 Å². The van der Waals surface area contributed by atoms with Crippen LogP contribution in [0, 0.1) is 0 Å². The molecule has 0 aromatic heterocycles. The van der Waals surface area contributed by atoms with E-state index in [0.29, 0.717) is 28.0 Å². The van der Waals surface area contributed by atoms with Crippen LogP contribution in [0.4, 0.5) is 11.4 Å². The number of methoxy groups -OCH3 is 1. The van der Waals surface area contributed by atoms with Gasteiger partial charge in [-0.15, -0.1) is 0 Å². The minimum Gasteiger partial charge on any atom is -0.465 e. The van der Waals surface area contributed by atoms with Gasteiger partial charge in [0.1, 0.15) is 0 Å². The molecule has 0 radical (unpaired) electrons. The number of hydrogen-bond acceptors (Lipinski definition) is 4. The van der Waals surface area contributed by atoms with Gasteiger partial charge in [0.2, 0.25) is 0 Å². The lowest BCUT2D eigenvalue weighted by Gasteiger charge is -2.25. The number of carbonyl (C=O) groups excluding carboxylic acids is 1. The van der Waals surface area contributed by atoms with E-state index in [1.807, 2.05) is 0 Å². The molecule has 1 saturated carbocycles. The Morgan fingerprint density at radius 1 is 1.37 bits per heavy atom. The van der Waals surface area contributed by atoms with Gasteiger partial charge in [-0.2, -0.15) is 0 Å². The molecule has 1 aromatic rings. The van der Waals surface area contributed by atoms with E-state index in [9.17, 15) is 4.79 Å². The Hall–Kier alpha value is -1.42. The number of halogens is 1. The quantitative estimate of drug-likeness (QED) is 0.658. The Labute approximate surface area is 118 Å². The summed E-state index contributed by atoms with van der Waals surface area (Å²) in [6.07, 6.45) is 5.88. The average Bonchev–Trinajstić information content (AvgIpc) is 2.42. The summed E-state index contributed by atoms with van der Waals surface area (Å²) in [7, 11) is 1.35. The molecule has 0 spiro atoms. The fourth-order valence-corrected chi connectivity index (χ4v) is 2.78. The van der Waals surface area contributed by atoms with Crippen LogP contribution < -0.4 is 11.1 Å². The van der Waals surface area contributed by atoms with Crippen LogP contribution in [0.2, 0.25) is 5.02 Å². The molecule has 1 fully saturated rings. The van der Waals surface area contributed by atoms with Crippen molar-refractivity contribution in [1.82, 2.24) is 0 Å². The van der Waals surface area contributed by atoms with E-state index in [1.54, 1.807) is 12.1 Å². The lowest BCUT2D eigenvalue weighted by Crippen LogP contribution is -2.24. The van der Waals surface area contributed by atoms with Crippen LogP contribution in [-0.2, 0) is 4.74 Å². The van der Waals surface area contributed by atoms with Gasteiger partial charge in [0.05, 0.1) is 23.4 Å². The monoisotopic (exact) mass is 282 g/mol. The van der Waals surface area contributed by atoms with Crippen LogP contribution in [0.25, 0.3) is 0 Å². The molecule has 3 N–H and O–H groups in total. The molecule has 1 aliphatic carbocycles. The Morgan fingerprint density at radius 2 is 2.05 bits per heavy atom. The Bertz CT molecular complexity index is 471.